The molecular formula is C11H11Cl2N3S. The monoisotopic (exact) mass is 287 g/mol. The summed E-state index contributed by atoms with van der Waals surface area (Å²) in [6.07, 6.45) is 1.78. The molecule has 0 spiro atoms. The number of anilines is 1. The van der Waals surface area contributed by atoms with Crippen LogP contribution in [0.1, 0.15) is 23.5 Å². The third-order valence-electron chi connectivity index (χ3n) is 2.32. The molecule has 2 aromatic rings. The maximum atomic E-state index is 6.07. The molecule has 2 aromatic heterocycles. The van der Waals surface area contributed by atoms with Gasteiger partial charge in [-0.2, -0.15) is 0 Å². The summed E-state index contributed by atoms with van der Waals surface area (Å²) in [5, 5.41) is 7.05. The van der Waals surface area contributed by atoms with Crippen LogP contribution in [-0.4, -0.2) is 9.97 Å². The first-order valence-electron chi connectivity index (χ1n) is 5.06. The Kier molecular flexibility index (Phi) is 3.86. The molecule has 0 saturated heterocycles. The summed E-state index contributed by atoms with van der Waals surface area (Å²) < 4.78 is 0. The van der Waals surface area contributed by atoms with Gasteiger partial charge >= 0.3 is 0 Å². The van der Waals surface area contributed by atoms with Crippen LogP contribution in [0.25, 0.3) is 0 Å². The lowest BCUT2D eigenvalue weighted by Gasteiger charge is -2.16. The highest BCUT2D eigenvalue weighted by Gasteiger charge is 2.13. The van der Waals surface area contributed by atoms with E-state index in [-0.39, 0.29) is 6.04 Å². The van der Waals surface area contributed by atoms with Gasteiger partial charge in [-0.05, 0) is 25.5 Å². The third-order valence-corrected chi connectivity index (χ3v) is 3.75. The van der Waals surface area contributed by atoms with Crippen LogP contribution in [-0.2, 0) is 0 Å². The van der Waals surface area contributed by atoms with E-state index in [0.29, 0.717) is 10.3 Å². The molecule has 0 aliphatic rings. The van der Waals surface area contributed by atoms with Crippen molar-refractivity contribution in [3.63, 3.8) is 0 Å². The Labute approximate surface area is 114 Å². The van der Waals surface area contributed by atoms with Gasteiger partial charge in [0, 0.05) is 11.6 Å². The number of halogens is 2. The molecule has 2 rings (SSSR count). The van der Waals surface area contributed by atoms with Crippen LogP contribution in [0.4, 0.5) is 5.69 Å². The topological polar surface area (TPSA) is 37.8 Å². The van der Waals surface area contributed by atoms with Gasteiger partial charge in [0.2, 0.25) is 0 Å². The maximum absolute atomic E-state index is 6.07. The van der Waals surface area contributed by atoms with Crippen LogP contribution in [0.5, 0.6) is 0 Å². The molecule has 0 saturated carbocycles. The second-order valence-electron chi connectivity index (χ2n) is 3.66. The van der Waals surface area contributed by atoms with E-state index in [2.05, 4.69) is 15.3 Å². The van der Waals surface area contributed by atoms with Crippen molar-refractivity contribution in [3.05, 3.63) is 38.5 Å². The minimum atomic E-state index is 0.0918. The first-order chi connectivity index (χ1) is 8.08. The SMILES string of the molecule is Cc1cc(Cl)nc(Cl)c1NC(C)c1nccs1. The second-order valence-corrected chi connectivity index (χ2v) is 5.34. The Hall–Kier alpha value is -0.840. The Balaban J connectivity index is 2.25. The fourth-order valence-corrected chi connectivity index (χ4v) is 2.73. The maximum Gasteiger partial charge on any atom is 0.154 e. The molecule has 90 valence electrons. The molecule has 0 bridgehead atoms. The van der Waals surface area contributed by atoms with E-state index in [0.717, 1.165) is 16.3 Å². The molecule has 1 N–H and O–H groups in total. The highest BCUT2D eigenvalue weighted by Crippen LogP contribution is 2.30. The van der Waals surface area contributed by atoms with Gasteiger partial charge in [0.15, 0.2) is 5.15 Å². The van der Waals surface area contributed by atoms with E-state index < -0.39 is 0 Å². The normalized spacial score (nSPS) is 12.5. The molecule has 0 fully saturated rings. The number of pyridine rings is 1. The van der Waals surface area contributed by atoms with Crippen LogP contribution in [0.2, 0.25) is 10.3 Å². The van der Waals surface area contributed by atoms with Crippen molar-refractivity contribution >= 4 is 40.2 Å². The molecule has 2 heterocycles. The van der Waals surface area contributed by atoms with Crippen LogP contribution < -0.4 is 5.32 Å². The molecule has 0 aliphatic heterocycles. The van der Waals surface area contributed by atoms with Crippen LogP contribution in [0.15, 0.2) is 17.6 Å². The van der Waals surface area contributed by atoms with E-state index in [4.69, 9.17) is 23.2 Å². The fraction of sp³-hybridized carbons (Fsp3) is 0.273. The summed E-state index contributed by atoms with van der Waals surface area (Å²) in [7, 11) is 0. The van der Waals surface area contributed by atoms with Crippen molar-refractivity contribution in [1.82, 2.24) is 9.97 Å². The fourth-order valence-electron chi connectivity index (χ4n) is 1.50. The zero-order chi connectivity index (χ0) is 12.4. The van der Waals surface area contributed by atoms with E-state index >= 15 is 0 Å². The predicted molar refractivity (Wildman–Crippen MR) is 73.1 cm³/mol. The lowest BCUT2D eigenvalue weighted by atomic mass is 10.2. The molecule has 17 heavy (non-hydrogen) atoms. The van der Waals surface area contributed by atoms with Crippen LogP contribution >= 0.6 is 34.5 Å². The number of thiazole rings is 1. The van der Waals surface area contributed by atoms with Crippen molar-refractivity contribution in [2.24, 2.45) is 0 Å². The van der Waals surface area contributed by atoms with E-state index in [1.54, 1.807) is 23.6 Å². The summed E-state index contributed by atoms with van der Waals surface area (Å²) in [5.41, 5.74) is 1.78. The molecule has 0 aliphatic carbocycles. The molecule has 3 nitrogen and oxygen atoms in total. The Morgan fingerprint density at radius 3 is 2.76 bits per heavy atom. The highest BCUT2D eigenvalue weighted by molar-refractivity contribution is 7.09. The minimum Gasteiger partial charge on any atom is -0.373 e. The van der Waals surface area contributed by atoms with E-state index in [1.165, 1.54) is 0 Å². The van der Waals surface area contributed by atoms with Gasteiger partial charge in [-0.15, -0.1) is 11.3 Å². The van der Waals surface area contributed by atoms with Gasteiger partial charge in [-0.3, -0.25) is 0 Å². The Morgan fingerprint density at radius 2 is 2.18 bits per heavy atom. The van der Waals surface area contributed by atoms with Crippen molar-refractivity contribution < 1.29 is 0 Å². The van der Waals surface area contributed by atoms with Gasteiger partial charge in [-0.1, -0.05) is 23.2 Å². The molecule has 0 radical (unpaired) electrons. The van der Waals surface area contributed by atoms with Crippen molar-refractivity contribution in [2.45, 2.75) is 19.9 Å². The van der Waals surface area contributed by atoms with Crippen molar-refractivity contribution in [3.8, 4) is 0 Å². The quantitative estimate of drug-likeness (QED) is 0.854. The highest BCUT2D eigenvalue weighted by atomic mass is 35.5. The van der Waals surface area contributed by atoms with Crippen molar-refractivity contribution in [2.75, 3.05) is 5.32 Å². The third kappa shape index (κ3) is 2.89. The first-order valence-corrected chi connectivity index (χ1v) is 6.70. The summed E-state index contributed by atoms with van der Waals surface area (Å²) in [4.78, 5) is 8.28. The minimum absolute atomic E-state index is 0.0918. The Morgan fingerprint density at radius 1 is 1.41 bits per heavy atom. The summed E-state index contributed by atoms with van der Waals surface area (Å²) in [6.45, 7) is 3.97. The number of hydrogen-bond donors (Lipinski definition) is 1. The second kappa shape index (κ2) is 5.21. The van der Waals surface area contributed by atoms with Crippen molar-refractivity contribution in [1.29, 1.82) is 0 Å². The average molecular weight is 288 g/mol. The number of nitrogens with one attached hydrogen (secondary N) is 1. The smallest absolute Gasteiger partial charge is 0.154 e. The summed E-state index contributed by atoms with van der Waals surface area (Å²) in [5.74, 6) is 0. The average Bonchev–Trinajstić information content (AvgIpc) is 2.76. The molecule has 0 aromatic carbocycles. The lowest BCUT2D eigenvalue weighted by molar-refractivity contribution is 0.866. The number of rotatable bonds is 3. The van der Waals surface area contributed by atoms with Gasteiger partial charge < -0.3 is 5.32 Å². The summed E-state index contributed by atoms with van der Waals surface area (Å²) in [6, 6.07) is 1.87. The van der Waals surface area contributed by atoms with E-state index in [1.807, 2.05) is 19.2 Å². The number of aryl methyl sites for hydroxylation is 1. The van der Waals surface area contributed by atoms with Crippen LogP contribution in [0.3, 0.4) is 0 Å². The molecule has 0 amide bonds. The van der Waals surface area contributed by atoms with E-state index in [9.17, 15) is 0 Å². The number of hydrogen-bond acceptors (Lipinski definition) is 4. The number of aromatic nitrogens is 2. The zero-order valence-electron chi connectivity index (χ0n) is 9.37. The molecule has 6 heteroatoms. The van der Waals surface area contributed by atoms with Crippen LogP contribution in [0, 0.1) is 6.92 Å². The zero-order valence-corrected chi connectivity index (χ0v) is 11.7. The van der Waals surface area contributed by atoms with Gasteiger partial charge in [0.25, 0.3) is 0 Å². The van der Waals surface area contributed by atoms with Gasteiger partial charge in [-0.25, -0.2) is 9.97 Å². The largest absolute Gasteiger partial charge is 0.373 e. The summed E-state index contributed by atoms with van der Waals surface area (Å²) >= 11 is 13.5. The molecule has 1 atom stereocenters. The molecular weight excluding hydrogens is 277 g/mol. The number of nitrogens with zero attached hydrogens (tertiary/aromatic N) is 2. The first kappa shape index (κ1) is 12.6. The Bertz CT molecular complexity index is 490. The molecule has 1 unspecified atom stereocenters. The standard InChI is InChI=1S/C11H11Cl2N3S/c1-6-5-8(12)16-10(13)9(6)15-7(2)11-14-3-4-17-11/h3-5,7,15H,1-2H3. The van der Waals surface area contributed by atoms with Gasteiger partial charge in [0.05, 0.1) is 11.7 Å². The predicted octanol–water partition coefficient (Wildman–Crippen LogP) is 4.33. The lowest BCUT2D eigenvalue weighted by Crippen LogP contribution is -2.08. The van der Waals surface area contributed by atoms with Gasteiger partial charge in [0.1, 0.15) is 10.2 Å².